The van der Waals surface area contributed by atoms with Gasteiger partial charge in [-0.25, -0.2) is 4.79 Å². The van der Waals surface area contributed by atoms with E-state index in [2.05, 4.69) is 5.32 Å². The highest BCUT2D eigenvalue weighted by atomic mass is 16.6. The highest BCUT2D eigenvalue weighted by Crippen LogP contribution is 2.32. The van der Waals surface area contributed by atoms with Crippen LogP contribution in [0.2, 0.25) is 0 Å². The fourth-order valence-corrected chi connectivity index (χ4v) is 2.29. The van der Waals surface area contributed by atoms with Crippen LogP contribution in [-0.4, -0.2) is 36.1 Å². The van der Waals surface area contributed by atoms with Gasteiger partial charge in [0.25, 0.3) is 5.91 Å². The molecule has 1 aromatic rings. The van der Waals surface area contributed by atoms with Gasteiger partial charge in [0.05, 0.1) is 17.1 Å². The zero-order valence-electron chi connectivity index (χ0n) is 13.6. The van der Waals surface area contributed by atoms with E-state index in [4.69, 9.17) is 9.47 Å². The Morgan fingerprint density at radius 2 is 2.12 bits per heavy atom. The molecule has 0 radical (unpaired) electrons. The number of hydrogen-bond acceptors (Lipinski definition) is 6. The van der Waals surface area contributed by atoms with Crippen molar-refractivity contribution in [1.29, 1.82) is 0 Å². The molecular formula is C16H20N2O6. The first-order valence-corrected chi connectivity index (χ1v) is 7.80. The van der Waals surface area contributed by atoms with Crippen molar-refractivity contribution < 1.29 is 24.0 Å². The van der Waals surface area contributed by atoms with Gasteiger partial charge < -0.3 is 14.8 Å². The summed E-state index contributed by atoms with van der Waals surface area (Å²) >= 11 is 0. The van der Waals surface area contributed by atoms with Gasteiger partial charge in [0, 0.05) is 12.1 Å². The Bertz CT molecular complexity index is 641. The van der Waals surface area contributed by atoms with Crippen LogP contribution in [0.3, 0.4) is 0 Å². The van der Waals surface area contributed by atoms with Crippen LogP contribution in [0.1, 0.15) is 37.0 Å². The van der Waals surface area contributed by atoms with Gasteiger partial charge in [0.2, 0.25) is 0 Å². The lowest BCUT2D eigenvalue weighted by molar-refractivity contribution is -0.385. The average Bonchev–Trinajstić information content (AvgIpc) is 3.38. The minimum Gasteiger partial charge on any atom is -0.487 e. The first kappa shape index (κ1) is 17.7. The predicted octanol–water partition coefficient (Wildman–Crippen LogP) is 2.06. The molecule has 1 aliphatic carbocycles. The van der Waals surface area contributed by atoms with Gasteiger partial charge in [0.1, 0.15) is 0 Å². The van der Waals surface area contributed by atoms with Crippen LogP contribution in [0.15, 0.2) is 18.2 Å². The molecule has 0 bridgehead atoms. The van der Waals surface area contributed by atoms with Crippen LogP contribution in [-0.2, 0) is 9.53 Å². The van der Waals surface area contributed by atoms with Crippen molar-refractivity contribution in [2.24, 2.45) is 5.92 Å². The molecule has 0 saturated heterocycles. The Hall–Kier alpha value is -2.64. The number of ether oxygens (including phenoxy) is 2. The summed E-state index contributed by atoms with van der Waals surface area (Å²) in [4.78, 5) is 34.1. The second-order valence-electron chi connectivity index (χ2n) is 5.64. The van der Waals surface area contributed by atoms with Crippen molar-refractivity contribution in [2.45, 2.75) is 32.7 Å². The van der Waals surface area contributed by atoms with Crippen molar-refractivity contribution in [3.8, 4) is 5.75 Å². The monoisotopic (exact) mass is 336 g/mol. The SMILES string of the molecule is CCOc1ccc(C(=O)OCC(=O)N[C@H](C)C2CC2)cc1[N+](=O)[O-]. The van der Waals surface area contributed by atoms with Gasteiger partial charge in [-0.3, -0.25) is 14.9 Å². The standard InChI is InChI=1S/C16H20N2O6/c1-3-23-14-7-6-12(8-13(14)18(21)22)16(20)24-9-15(19)17-10(2)11-4-5-11/h6-8,10-11H,3-5,9H2,1-2H3,(H,17,19)/t10-/m1/s1. The first-order valence-electron chi connectivity index (χ1n) is 7.80. The molecule has 0 aromatic heterocycles. The Balaban J connectivity index is 1.94. The van der Waals surface area contributed by atoms with Gasteiger partial charge in [-0.15, -0.1) is 0 Å². The highest BCUT2D eigenvalue weighted by molar-refractivity contribution is 5.92. The third-order valence-electron chi connectivity index (χ3n) is 3.74. The second-order valence-corrected chi connectivity index (χ2v) is 5.64. The molecule has 1 amide bonds. The first-order chi connectivity index (χ1) is 11.4. The molecule has 0 heterocycles. The van der Waals surface area contributed by atoms with Crippen molar-refractivity contribution in [2.75, 3.05) is 13.2 Å². The van der Waals surface area contributed by atoms with E-state index >= 15 is 0 Å². The summed E-state index contributed by atoms with van der Waals surface area (Å²) in [7, 11) is 0. The van der Waals surface area contributed by atoms with Crippen LogP contribution in [0.25, 0.3) is 0 Å². The molecule has 2 rings (SSSR count). The molecule has 0 unspecified atom stereocenters. The highest BCUT2D eigenvalue weighted by Gasteiger charge is 2.29. The minimum atomic E-state index is -0.796. The van der Waals surface area contributed by atoms with E-state index < -0.39 is 17.5 Å². The summed E-state index contributed by atoms with van der Waals surface area (Å²) in [5.41, 5.74) is -0.327. The predicted molar refractivity (Wildman–Crippen MR) is 84.9 cm³/mol. The van der Waals surface area contributed by atoms with Crippen LogP contribution in [0, 0.1) is 16.0 Å². The molecule has 8 heteroatoms. The molecule has 8 nitrogen and oxygen atoms in total. The molecule has 0 spiro atoms. The molecule has 1 aromatic carbocycles. The summed E-state index contributed by atoms with van der Waals surface area (Å²) in [6, 6.07) is 3.85. The molecular weight excluding hydrogens is 316 g/mol. The second kappa shape index (κ2) is 7.76. The number of amides is 1. The van der Waals surface area contributed by atoms with Gasteiger partial charge in [0.15, 0.2) is 12.4 Å². The Morgan fingerprint density at radius 3 is 2.71 bits per heavy atom. The summed E-state index contributed by atoms with van der Waals surface area (Å²) < 4.78 is 10.1. The maximum absolute atomic E-state index is 12.0. The molecule has 1 saturated carbocycles. The maximum Gasteiger partial charge on any atom is 0.338 e. The van der Waals surface area contributed by atoms with Gasteiger partial charge in [-0.2, -0.15) is 0 Å². The van der Waals surface area contributed by atoms with Crippen LogP contribution >= 0.6 is 0 Å². The Labute approximate surface area is 139 Å². The molecule has 24 heavy (non-hydrogen) atoms. The lowest BCUT2D eigenvalue weighted by Crippen LogP contribution is -2.37. The zero-order valence-corrected chi connectivity index (χ0v) is 13.6. The van der Waals surface area contributed by atoms with E-state index in [1.165, 1.54) is 12.1 Å². The number of nitrogens with one attached hydrogen (secondary N) is 1. The number of carbonyl (C=O) groups excluding carboxylic acids is 2. The van der Waals surface area contributed by atoms with Crippen LogP contribution < -0.4 is 10.1 Å². The summed E-state index contributed by atoms with van der Waals surface area (Å²) in [6.45, 7) is 3.46. The maximum atomic E-state index is 12.0. The zero-order chi connectivity index (χ0) is 17.7. The number of nitrogens with zero attached hydrogens (tertiary/aromatic N) is 1. The molecule has 1 fully saturated rings. The number of carbonyl (C=O) groups is 2. The minimum absolute atomic E-state index is 0.00630. The molecule has 1 N–H and O–H groups in total. The smallest absolute Gasteiger partial charge is 0.338 e. The van der Waals surface area contributed by atoms with E-state index in [1.807, 2.05) is 6.92 Å². The molecule has 1 aliphatic rings. The Morgan fingerprint density at radius 1 is 1.42 bits per heavy atom. The largest absolute Gasteiger partial charge is 0.487 e. The van der Waals surface area contributed by atoms with Crippen LogP contribution in [0.5, 0.6) is 5.75 Å². The number of nitro groups is 1. The quantitative estimate of drug-likeness (QED) is 0.442. The fraction of sp³-hybridized carbons (Fsp3) is 0.500. The third-order valence-corrected chi connectivity index (χ3v) is 3.74. The van der Waals surface area contributed by atoms with Gasteiger partial charge in [-0.1, -0.05) is 0 Å². The number of nitro benzene ring substituents is 1. The topological polar surface area (TPSA) is 108 Å². The van der Waals surface area contributed by atoms with E-state index in [1.54, 1.807) is 6.92 Å². The van der Waals surface area contributed by atoms with Crippen molar-refractivity contribution in [3.63, 3.8) is 0 Å². The number of esters is 1. The molecule has 1 atom stereocenters. The fourth-order valence-electron chi connectivity index (χ4n) is 2.29. The van der Waals surface area contributed by atoms with Crippen LogP contribution in [0.4, 0.5) is 5.69 Å². The van der Waals surface area contributed by atoms with Gasteiger partial charge >= 0.3 is 11.7 Å². The average molecular weight is 336 g/mol. The third kappa shape index (κ3) is 4.68. The van der Waals surface area contributed by atoms with Crippen molar-refractivity contribution in [3.05, 3.63) is 33.9 Å². The lowest BCUT2D eigenvalue weighted by atomic mass is 10.2. The lowest BCUT2D eigenvalue weighted by Gasteiger charge is -2.12. The van der Waals surface area contributed by atoms with E-state index in [-0.39, 0.29) is 35.6 Å². The van der Waals surface area contributed by atoms with E-state index in [0.29, 0.717) is 5.92 Å². The number of rotatable bonds is 8. The summed E-state index contributed by atoms with van der Waals surface area (Å²) in [6.07, 6.45) is 2.19. The number of hydrogen-bond donors (Lipinski definition) is 1. The van der Waals surface area contributed by atoms with Crippen molar-refractivity contribution >= 4 is 17.6 Å². The summed E-state index contributed by atoms with van der Waals surface area (Å²) in [5, 5.41) is 13.8. The van der Waals surface area contributed by atoms with E-state index in [0.717, 1.165) is 18.9 Å². The normalized spacial score (nSPS) is 14.6. The number of benzene rings is 1. The van der Waals surface area contributed by atoms with Crippen molar-refractivity contribution in [1.82, 2.24) is 5.32 Å². The summed E-state index contributed by atoms with van der Waals surface area (Å²) in [5.74, 6) is -0.605. The van der Waals surface area contributed by atoms with Gasteiger partial charge in [-0.05, 0) is 44.7 Å². The van der Waals surface area contributed by atoms with E-state index in [9.17, 15) is 19.7 Å². The molecule has 130 valence electrons. The Kier molecular flexibility index (Phi) is 5.73. The molecule has 0 aliphatic heterocycles.